The van der Waals surface area contributed by atoms with E-state index in [-0.39, 0.29) is 22.8 Å². The van der Waals surface area contributed by atoms with Crippen molar-refractivity contribution in [3.8, 4) is 22.8 Å². The third-order valence-corrected chi connectivity index (χ3v) is 7.68. The third kappa shape index (κ3) is 3.55. The molecule has 2 aromatic heterocycles. The molecule has 2 aliphatic heterocycles. The fourth-order valence-electron chi connectivity index (χ4n) is 5.27. The zero-order valence-electron chi connectivity index (χ0n) is 18.9. The van der Waals surface area contributed by atoms with Gasteiger partial charge in [0.25, 0.3) is 0 Å². The van der Waals surface area contributed by atoms with Crippen LogP contribution in [0.1, 0.15) is 31.5 Å². The van der Waals surface area contributed by atoms with Gasteiger partial charge in [0.2, 0.25) is 0 Å². The van der Waals surface area contributed by atoms with E-state index in [9.17, 15) is 9.50 Å². The summed E-state index contributed by atoms with van der Waals surface area (Å²) in [5, 5.41) is 9.82. The fourth-order valence-corrected chi connectivity index (χ4v) is 5.43. The van der Waals surface area contributed by atoms with Crippen molar-refractivity contribution in [3.05, 3.63) is 71.5 Å². The van der Waals surface area contributed by atoms with Gasteiger partial charge in [-0.1, -0.05) is 17.7 Å². The molecule has 0 amide bonds. The second-order valence-corrected chi connectivity index (χ2v) is 9.81. The summed E-state index contributed by atoms with van der Waals surface area (Å²) in [6.45, 7) is 0.549. The van der Waals surface area contributed by atoms with Crippen LogP contribution >= 0.6 is 11.6 Å². The highest BCUT2D eigenvalue weighted by atomic mass is 35.5. The molecule has 1 aliphatic carbocycles. The molecule has 4 aromatic rings. The van der Waals surface area contributed by atoms with Gasteiger partial charge in [0.15, 0.2) is 11.6 Å². The number of ether oxygens (including phenoxy) is 2. The Morgan fingerprint density at radius 1 is 1.14 bits per heavy atom. The number of aliphatic hydroxyl groups excluding tert-OH is 1. The highest BCUT2D eigenvalue weighted by Gasteiger charge is 2.52. The zero-order valence-corrected chi connectivity index (χ0v) is 19.6. The van der Waals surface area contributed by atoms with E-state index in [4.69, 9.17) is 31.8 Å². The number of halogens is 2. The first-order valence-corrected chi connectivity index (χ1v) is 11.9. The number of nitrogen functional groups attached to an aromatic ring is 1. The van der Waals surface area contributed by atoms with Crippen LogP contribution in [0, 0.1) is 5.82 Å². The molecule has 2 aromatic carbocycles. The molecule has 2 bridgehead atoms. The van der Waals surface area contributed by atoms with Crippen LogP contribution in [0.15, 0.2) is 54.9 Å². The first-order valence-electron chi connectivity index (χ1n) is 11.5. The summed E-state index contributed by atoms with van der Waals surface area (Å²) in [5.74, 6) is 1.20. The number of benzene rings is 2. The SMILES string of the molecule is Nc1nccn2c(C34CCC(CO)(CC3)OC4)nc(-c3ccc(Oc4cccc(Cl)c4F)cc3)c12. The van der Waals surface area contributed by atoms with Gasteiger partial charge in [-0.3, -0.25) is 4.40 Å². The molecule has 7 nitrogen and oxygen atoms in total. The molecule has 0 radical (unpaired) electrons. The number of nitrogens with two attached hydrogens (primary N) is 1. The Labute approximate surface area is 206 Å². The number of nitrogens with zero attached hydrogens (tertiary/aromatic N) is 3. The van der Waals surface area contributed by atoms with E-state index in [1.54, 1.807) is 24.4 Å². The van der Waals surface area contributed by atoms with Crippen LogP contribution < -0.4 is 10.5 Å². The topological polar surface area (TPSA) is 94.9 Å². The number of hydrogen-bond acceptors (Lipinski definition) is 6. The van der Waals surface area contributed by atoms with Crippen LogP contribution in [-0.2, 0) is 10.2 Å². The Kier molecular flexibility index (Phi) is 5.21. The maximum atomic E-state index is 14.2. The highest BCUT2D eigenvalue weighted by Crippen LogP contribution is 2.50. The number of imidazole rings is 1. The standard InChI is InChI=1S/C26H24ClFN4O3/c27-18-2-1-3-19(20(18)28)35-17-6-4-16(5-7-17)21-22-23(29)30-12-13-32(22)24(31-21)25-8-10-26(14-33,11-9-25)34-15-25/h1-7,12-13,33H,8-11,14-15H2,(H2,29,30). The van der Waals surface area contributed by atoms with Gasteiger partial charge in [-0.05, 0) is 62.1 Å². The lowest BCUT2D eigenvalue weighted by Crippen LogP contribution is -2.55. The maximum Gasteiger partial charge on any atom is 0.184 e. The highest BCUT2D eigenvalue weighted by molar-refractivity contribution is 6.30. The number of anilines is 1. The van der Waals surface area contributed by atoms with Crippen LogP contribution in [0.5, 0.6) is 11.5 Å². The zero-order chi connectivity index (χ0) is 24.2. The molecule has 3 fully saturated rings. The number of aliphatic hydroxyl groups is 1. The average molecular weight is 495 g/mol. The van der Waals surface area contributed by atoms with E-state index in [1.807, 2.05) is 22.7 Å². The second kappa shape index (κ2) is 8.19. The molecule has 7 rings (SSSR count). The number of hydrogen-bond donors (Lipinski definition) is 2. The smallest absolute Gasteiger partial charge is 0.184 e. The van der Waals surface area contributed by atoms with E-state index >= 15 is 0 Å². The molecule has 4 heterocycles. The summed E-state index contributed by atoms with van der Waals surface area (Å²) in [6.07, 6.45) is 6.91. The quantitative estimate of drug-likeness (QED) is 0.399. The van der Waals surface area contributed by atoms with Crippen molar-refractivity contribution in [2.75, 3.05) is 18.9 Å². The first kappa shape index (κ1) is 22.3. The van der Waals surface area contributed by atoms with E-state index in [0.29, 0.717) is 23.9 Å². The van der Waals surface area contributed by atoms with Gasteiger partial charge >= 0.3 is 0 Å². The van der Waals surface area contributed by atoms with Crippen molar-refractivity contribution >= 4 is 22.9 Å². The van der Waals surface area contributed by atoms with Crippen LogP contribution in [0.2, 0.25) is 5.02 Å². The lowest BCUT2D eigenvalue weighted by molar-refractivity contribution is -0.177. The normalized spacial score (nSPS) is 23.6. The first-order chi connectivity index (χ1) is 16.9. The minimum atomic E-state index is -0.603. The van der Waals surface area contributed by atoms with Gasteiger partial charge in [-0.2, -0.15) is 0 Å². The van der Waals surface area contributed by atoms with E-state index in [0.717, 1.165) is 42.6 Å². The molecule has 2 saturated heterocycles. The number of rotatable bonds is 5. The Balaban J connectivity index is 1.38. The Hall–Kier alpha value is -3.20. The molecular formula is C26H24ClFN4O3. The summed E-state index contributed by atoms with van der Waals surface area (Å²) in [5.41, 5.74) is 7.93. The molecule has 0 unspecified atom stereocenters. The Morgan fingerprint density at radius 2 is 1.91 bits per heavy atom. The molecule has 3 N–H and O–H groups in total. The molecule has 35 heavy (non-hydrogen) atoms. The predicted octanol–water partition coefficient (Wildman–Crippen LogP) is 5.14. The summed E-state index contributed by atoms with van der Waals surface area (Å²) in [7, 11) is 0. The summed E-state index contributed by atoms with van der Waals surface area (Å²) in [4.78, 5) is 9.38. The monoisotopic (exact) mass is 494 g/mol. The van der Waals surface area contributed by atoms with Crippen molar-refractivity contribution in [2.45, 2.75) is 36.7 Å². The molecule has 180 valence electrons. The summed E-state index contributed by atoms with van der Waals surface area (Å²) in [6, 6.07) is 11.9. The minimum absolute atomic E-state index is 0.00381. The fraction of sp³-hybridized carbons (Fsp3) is 0.308. The largest absolute Gasteiger partial charge is 0.454 e. The van der Waals surface area contributed by atoms with E-state index in [2.05, 4.69) is 4.98 Å². The summed E-state index contributed by atoms with van der Waals surface area (Å²) < 4.78 is 28.1. The van der Waals surface area contributed by atoms with Crippen molar-refractivity contribution in [1.29, 1.82) is 0 Å². The Morgan fingerprint density at radius 3 is 2.60 bits per heavy atom. The molecule has 0 atom stereocenters. The predicted molar refractivity (Wildman–Crippen MR) is 130 cm³/mol. The van der Waals surface area contributed by atoms with Gasteiger partial charge in [0.05, 0.1) is 29.3 Å². The molecule has 3 aliphatic rings. The molecule has 1 saturated carbocycles. The molecular weight excluding hydrogens is 471 g/mol. The van der Waals surface area contributed by atoms with Crippen molar-refractivity contribution in [1.82, 2.24) is 14.4 Å². The number of fused-ring (bicyclic) bond motifs is 4. The van der Waals surface area contributed by atoms with Crippen LogP contribution in [0.25, 0.3) is 16.8 Å². The lowest BCUT2D eigenvalue weighted by atomic mass is 9.66. The van der Waals surface area contributed by atoms with Crippen molar-refractivity contribution in [3.63, 3.8) is 0 Å². The van der Waals surface area contributed by atoms with Gasteiger partial charge in [0.1, 0.15) is 28.6 Å². The van der Waals surface area contributed by atoms with E-state index < -0.39 is 11.4 Å². The van der Waals surface area contributed by atoms with Crippen LogP contribution in [-0.4, -0.2) is 38.3 Å². The Bertz CT molecular complexity index is 1400. The molecule has 0 spiro atoms. The van der Waals surface area contributed by atoms with Crippen molar-refractivity contribution in [2.24, 2.45) is 0 Å². The van der Waals surface area contributed by atoms with E-state index in [1.165, 1.54) is 12.1 Å². The number of aromatic nitrogens is 3. The maximum absolute atomic E-state index is 14.2. The van der Waals surface area contributed by atoms with Gasteiger partial charge in [-0.15, -0.1) is 0 Å². The van der Waals surface area contributed by atoms with Gasteiger partial charge < -0.3 is 20.3 Å². The third-order valence-electron chi connectivity index (χ3n) is 7.39. The lowest BCUT2D eigenvalue weighted by Gasteiger charge is -2.51. The van der Waals surface area contributed by atoms with Crippen LogP contribution in [0.4, 0.5) is 10.2 Å². The average Bonchev–Trinajstić information content (AvgIpc) is 3.30. The van der Waals surface area contributed by atoms with Gasteiger partial charge in [-0.25, -0.2) is 14.4 Å². The minimum Gasteiger partial charge on any atom is -0.454 e. The summed E-state index contributed by atoms with van der Waals surface area (Å²) >= 11 is 5.86. The second-order valence-electron chi connectivity index (χ2n) is 9.40. The molecule has 9 heteroatoms. The van der Waals surface area contributed by atoms with Gasteiger partial charge in [0, 0.05) is 18.0 Å². The van der Waals surface area contributed by atoms with Crippen LogP contribution in [0.3, 0.4) is 0 Å². The van der Waals surface area contributed by atoms with Crippen molar-refractivity contribution < 1.29 is 19.0 Å².